The zero-order valence-corrected chi connectivity index (χ0v) is 7.70. The van der Waals surface area contributed by atoms with Crippen LogP contribution in [-0.4, -0.2) is 10.5 Å². The van der Waals surface area contributed by atoms with Crippen molar-refractivity contribution in [3.05, 3.63) is 23.4 Å². The van der Waals surface area contributed by atoms with E-state index < -0.39 is 11.0 Å². The fraction of sp³-hybridized carbons (Fsp3) is 0.500. The van der Waals surface area contributed by atoms with Gasteiger partial charge in [-0.2, -0.15) is 0 Å². The molecule has 0 fully saturated rings. The molecule has 62 valence electrons. The third-order valence-corrected chi connectivity index (χ3v) is 2.18. The van der Waals surface area contributed by atoms with E-state index in [1.165, 1.54) is 5.57 Å². The minimum absolute atomic E-state index is 0.922. The van der Waals surface area contributed by atoms with Crippen LogP contribution < -0.4 is 4.72 Å². The Hall–Kier alpha value is -0.570. The van der Waals surface area contributed by atoms with Gasteiger partial charge >= 0.3 is 0 Å². The molecule has 11 heavy (non-hydrogen) atoms. The summed E-state index contributed by atoms with van der Waals surface area (Å²) in [6.45, 7) is 2.11. The molecule has 0 amide bonds. The normalized spacial score (nSPS) is 20.2. The fourth-order valence-electron chi connectivity index (χ4n) is 1.01. The van der Waals surface area contributed by atoms with Crippen LogP contribution in [0.5, 0.6) is 0 Å². The first-order valence-electron chi connectivity index (χ1n) is 3.65. The standard InChI is InChI=1S/C8H13NOS/c1-7-3-5-8(6-4-7)9-11(2)10/h3,5,9H,4,6H2,1-2H3. The van der Waals surface area contributed by atoms with E-state index in [1.807, 2.05) is 6.08 Å². The maximum absolute atomic E-state index is 10.7. The van der Waals surface area contributed by atoms with E-state index in [0.29, 0.717) is 0 Å². The van der Waals surface area contributed by atoms with Gasteiger partial charge in [0, 0.05) is 12.0 Å². The highest BCUT2D eigenvalue weighted by atomic mass is 32.2. The molecule has 2 nitrogen and oxygen atoms in total. The van der Waals surface area contributed by atoms with Crippen LogP contribution in [0.4, 0.5) is 0 Å². The Morgan fingerprint density at radius 2 is 2.18 bits per heavy atom. The van der Waals surface area contributed by atoms with Gasteiger partial charge in [-0.15, -0.1) is 0 Å². The highest BCUT2D eigenvalue weighted by Crippen LogP contribution is 2.15. The van der Waals surface area contributed by atoms with Crippen LogP contribution in [0, 0.1) is 0 Å². The summed E-state index contributed by atoms with van der Waals surface area (Å²) < 4.78 is 13.6. The van der Waals surface area contributed by atoms with E-state index in [0.717, 1.165) is 18.5 Å². The lowest BCUT2D eigenvalue weighted by molar-refractivity contribution is 0.679. The molecule has 0 bridgehead atoms. The smallest absolute Gasteiger partial charge is 0.113 e. The van der Waals surface area contributed by atoms with E-state index in [4.69, 9.17) is 0 Å². The largest absolute Gasteiger partial charge is 0.309 e. The zero-order chi connectivity index (χ0) is 8.27. The SMILES string of the molecule is CC1=CC=C(NS(C)=O)CC1. The van der Waals surface area contributed by atoms with Gasteiger partial charge in [0.15, 0.2) is 0 Å². The molecule has 1 rings (SSSR count). The van der Waals surface area contributed by atoms with Gasteiger partial charge < -0.3 is 4.72 Å². The van der Waals surface area contributed by atoms with Gasteiger partial charge in [0.05, 0.1) is 0 Å². The second-order valence-electron chi connectivity index (χ2n) is 2.76. The van der Waals surface area contributed by atoms with Crippen molar-refractivity contribution >= 4 is 11.0 Å². The average molecular weight is 171 g/mol. The Labute approximate surface area is 70.0 Å². The molecule has 0 aromatic carbocycles. The molecular formula is C8H13NOS. The Bertz CT molecular complexity index is 230. The van der Waals surface area contributed by atoms with E-state index in [-0.39, 0.29) is 0 Å². The summed E-state index contributed by atoms with van der Waals surface area (Å²) >= 11 is 0. The molecule has 1 N–H and O–H groups in total. The Morgan fingerprint density at radius 3 is 2.64 bits per heavy atom. The molecule has 3 heteroatoms. The monoisotopic (exact) mass is 171 g/mol. The number of nitrogens with one attached hydrogen (secondary N) is 1. The number of rotatable bonds is 2. The predicted molar refractivity (Wildman–Crippen MR) is 48.3 cm³/mol. The molecule has 0 aliphatic heterocycles. The number of hydrogen-bond acceptors (Lipinski definition) is 1. The summed E-state index contributed by atoms with van der Waals surface area (Å²) in [6.07, 6.45) is 7.78. The minimum Gasteiger partial charge on any atom is -0.309 e. The lowest BCUT2D eigenvalue weighted by Crippen LogP contribution is -2.16. The molecule has 0 aromatic rings. The van der Waals surface area contributed by atoms with E-state index in [2.05, 4.69) is 17.7 Å². The summed E-state index contributed by atoms with van der Waals surface area (Å²) in [7, 11) is -0.922. The summed E-state index contributed by atoms with van der Waals surface area (Å²) in [5.74, 6) is 0. The summed E-state index contributed by atoms with van der Waals surface area (Å²) in [5.41, 5.74) is 2.47. The maximum Gasteiger partial charge on any atom is 0.113 e. The molecule has 0 heterocycles. The molecule has 0 aromatic heterocycles. The number of allylic oxidation sites excluding steroid dienone is 4. The van der Waals surface area contributed by atoms with Crippen LogP contribution in [0.15, 0.2) is 23.4 Å². The van der Waals surface area contributed by atoms with Gasteiger partial charge in [0.25, 0.3) is 0 Å². The molecule has 0 saturated heterocycles. The summed E-state index contributed by atoms with van der Waals surface area (Å²) in [6, 6.07) is 0. The van der Waals surface area contributed by atoms with Crippen LogP contribution in [0.1, 0.15) is 19.8 Å². The third-order valence-electron chi connectivity index (χ3n) is 1.63. The topological polar surface area (TPSA) is 29.1 Å². The van der Waals surface area contributed by atoms with Crippen LogP contribution in [-0.2, 0) is 11.0 Å². The van der Waals surface area contributed by atoms with Crippen molar-refractivity contribution in [1.29, 1.82) is 0 Å². The fourth-order valence-corrected chi connectivity index (χ4v) is 1.55. The van der Waals surface area contributed by atoms with Gasteiger partial charge in [-0.1, -0.05) is 11.6 Å². The van der Waals surface area contributed by atoms with Crippen molar-refractivity contribution in [2.24, 2.45) is 0 Å². The van der Waals surface area contributed by atoms with Crippen molar-refractivity contribution in [3.63, 3.8) is 0 Å². The lowest BCUT2D eigenvalue weighted by atomic mass is 10.1. The highest BCUT2D eigenvalue weighted by Gasteiger charge is 2.02. The van der Waals surface area contributed by atoms with Crippen molar-refractivity contribution in [3.8, 4) is 0 Å². The van der Waals surface area contributed by atoms with Gasteiger partial charge in [0.1, 0.15) is 11.0 Å². The molecule has 0 saturated carbocycles. The van der Waals surface area contributed by atoms with E-state index in [1.54, 1.807) is 6.26 Å². The first-order valence-corrected chi connectivity index (χ1v) is 5.20. The Kier molecular flexibility index (Phi) is 2.88. The van der Waals surface area contributed by atoms with Crippen molar-refractivity contribution in [2.45, 2.75) is 19.8 Å². The van der Waals surface area contributed by atoms with Crippen LogP contribution in [0.3, 0.4) is 0 Å². The minimum atomic E-state index is -0.922. The molecule has 0 spiro atoms. The Morgan fingerprint density at radius 1 is 1.45 bits per heavy atom. The molecule has 1 aliphatic carbocycles. The average Bonchev–Trinajstić information content (AvgIpc) is 1.93. The molecule has 0 radical (unpaired) electrons. The van der Waals surface area contributed by atoms with Crippen molar-refractivity contribution < 1.29 is 4.21 Å². The van der Waals surface area contributed by atoms with Gasteiger partial charge in [-0.3, -0.25) is 0 Å². The van der Waals surface area contributed by atoms with E-state index in [9.17, 15) is 4.21 Å². The maximum atomic E-state index is 10.7. The lowest BCUT2D eigenvalue weighted by Gasteiger charge is -2.11. The van der Waals surface area contributed by atoms with Crippen molar-refractivity contribution in [2.75, 3.05) is 6.26 Å². The first-order chi connectivity index (χ1) is 5.18. The summed E-state index contributed by atoms with van der Waals surface area (Å²) in [4.78, 5) is 0. The van der Waals surface area contributed by atoms with Crippen LogP contribution >= 0.6 is 0 Å². The van der Waals surface area contributed by atoms with Crippen molar-refractivity contribution in [1.82, 2.24) is 4.72 Å². The summed E-state index contributed by atoms with van der Waals surface area (Å²) in [5, 5.41) is 0. The first kappa shape index (κ1) is 8.53. The molecule has 1 atom stereocenters. The van der Waals surface area contributed by atoms with E-state index >= 15 is 0 Å². The predicted octanol–water partition coefficient (Wildman–Crippen LogP) is 1.49. The Balaban J connectivity index is 2.54. The quantitative estimate of drug-likeness (QED) is 0.670. The second kappa shape index (κ2) is 3.72. The van der Waals surface area contributed by atoms with Crippen LogP contribution in [0.25, 0.3) is 0 Å². The molecule has 1 unspecified atom stereocenters. The second-order valence-corrected chi connectivity index (χ2v) is 3.87. The third kappa shape index (κ3) is 2.89. The molecule has 1 aliphatic rings. The van der Waals surface area contributed by atoms with Gasteiger partial charge in [-0.05, 0) is 25.8 Å². The van der Waals surface area contributed by atoms with Gasteiger partial charge in [0.2, 0.25) is 0 Å². The number of hydrogen-bond donors (Lipinski definition) is 1. The van der Waals surface area contributed by atoms with Crippen LogP contribution in [0.2, 0.25) is 0 Å². The zero-order valence-electron chi connectivity index (χ0n) is 6.89. The van der Waals surface area contributed by atoms with Gasteiger partial charge in [-0.25, -0.2) is 4.21 Å². The molecular weight excluding hydrogens is 158 g/mol. The highest BCUT2D eigenvalue weighted by molar-refractivity contribution is 7.82.